The maximum absolute atomic E-state index is 12.9. The minimum atomic E-state index is -3.73. The lowest BCUT2D eigenvalue weighted by Gasteiger charge is -2.12. The largest absolute Gasteiger partial charge is 0.478 e. The first-order chi connectivity index (χ1) is 15.7. The van der Waals surface area contributed by atoms with E-state index < -0.39 is 21.9 Å². The highest BCUT2D eigenvalue weighted by Gasteiger charge is 2.19. The summed E-state index contributed by atoms with van der Waals surface area (Å²) in [7, 11) is -3.73. The average Bonchev–Trinajstić information content (AvgIpc) is 2.78. The van der Waals surface area contributed by atoms with Gasteiger partial charge in [0.05, 0.1) is 21.5 Å². The van der Waals surface area contributed by atoms with Crippen molar-refractivity contribution in [3.63, 3.8) is 0 Å². The zero-order valence-electron chi connectivity index (χ0n) is 18.2. The SMILES string of the molecule is Cc1cc(S(=O)(=O)c2ccc(CCCNC[C@H](O)c3cccc(Cl)c3)cc2)ccc1C(=O)O. The highest BCUT2D eigenvalue weighted by molar-refractivity contribution is 7.91. The number of hydrogen-bond acceptors (Lipinski definition) is 5. The van der Waals surface area contributed by atoms with Crippen molar-refractivity contribution in [2.45, 2.75) is 35.7 Å². The van der Waals surface area contributed by atoms with E-state index in [9.17, 15) is 18.3 Å². The Morgan fingerprint density at radius 2 is 1.73 bits per heavy atom. The van der Waals surface area contributed by atoms with Crippen LogP contribution in [0.4, 0.5) is 0 Å². The van der Waals surface area contributed by atoms with Crippen LogP contribution in [-0.4, -0.2) is 37.7 Å². The summed E-state index contributed by atoms with van der Waals surface area (Å²) >= 11 is 5.95. The van der Waals surface area contributed by atoms with Crippen molar-refractivity contribution in [3.05, 3.63) is 94.0 Å². The molecule has 0 heterocycles. The van der Waals surface area contributed by atoms with Crippen LogP contribution in [-0.2, 0) is 16.3 Å². The molecule has 0 saturated carbocycles. The van der Waals surface area contributed by atoms with Crippen LogP contribution >= 0.6 is 11.6 Å². The molecule has 174 valence electrons. The second kappa shape index (κ2) is 10.9. The van der Waals surface area contributed by atoms with E-state index >= 15 is 0 Å². The molecule has 33 heavy (non-hydrogen) atoms. The van der Waals surface area contributed by atoms with Crippen LogP contribution in [0.3, 0.4) is 0 Å². The molecule has 3 aromatic carbocycles. The second-order valence-corrected chi connectivity index (χ2v) is 10.2. The molecule has 1 atom stereocenters. The number of aliphatic hydroxyl groups excluding tert-OH is 1. The van der Waals surface area contributed by atoms with Gasteiger partial charge in [-0.2, -0.15) is 0 Å². The van der Waals surface area contributed by atoms with Gasteiger partial charge in [0.25, 0.3) is 0 Å². The molecule has 0 aliphatic heterocycles. The number of aryl methyl sites for hydroxylation is 2. The number of hydrogen-bond donors (Lipinski definition) is 3. The van der Waals surface area contributed by atoms with Crippen molar-refractivity contribution >= 4 is 27.4 Å². The van der Waals surface area contributed by atoms with Gasteiger partial charge in [0, 0.05) is 11.6 Å². The molecule has 0 radical (unpaired) electrons. The van der Waals surface area contributed by atoms with E-state index in [1.165, 1.54) is 18.2 Å². The summed E-state index contributed by atoms with van der Waals surface area (Å²) in [4.78, 5) is 11.4. The topological polar surface area (TPSA) is 104 Å². The molecule has 8 heteroatoms. The molecule has 0 fully saturated rings. The van der Waals surface area contributed by atoms with Crippen LogP contribution in [0.15, 0.2) is 76.5 Å². The molecule has 0 saturated heterocycles. The molecule has 6 nitrogen and oxygen atoms in total. The monoisotopic (exact) mass is 487 g/mol. The van der Waals surface area contributed by atoms with E-state index in [4.69, 9.17) is 16.7 Å². The number of nitrogens with one attached hydrogen (secondary N) is 1. The Labute approximate surface area is 198 Å². The van der Waals surface area contributed by atoms with Crippen LogP contribution in [0, 0.1) is 6.92 Å². The standard InChI is InChI=1S/C25H26ClNO5S/c1-17-14-22(11-12-23(17)25(29)30)33(31,32)21-9-7-18(8-10-21)4-3-13-27-16-24(28)19-5-2-6-20(26)15-19/h2,5-12,14-15,24,27-28H,3-4,13,16H2,1H3,(H,29,30)/t24-/m0/s1. The number of carboxylic acids is 1. The highest BCUT2D eigenvalue weighted by atomic mass is 35.5. The van der Waals surface area contributed by atoms with E-state index in [-0.39, 0.29) is 15.4 Å². The summed E-state index contributed by atoms with van der Waals surface area (Å²) in [5, 5.41) is 23.1. The molecule has 3 aromatic rings. The summed E-state index contributed by atoms with van der Waals surface area (Å²) in [5.41, 5.74) is 2.24. The van der Waals surface area contributed by atoms with E-state index in [0.29, 0.717) is 23.7 Å². The Morgan fingerprint density at radius 1 is 1.03 bits per heavy atom. The van der Waals surface area contributed by atoms with Gasteiger partial charge in [-0.05, 0) is 85.5 Å². The number of sulfone groups is 1. The fourth-order valence-electron chi connectivity index (χ4n) is 3.50. The molecule has 3 rings (SSSR count). The van der Waals surface area contributed by atoms with Crippen molar-refractivity contribution in [3.8, 4) is 0 Å². The lowest BCUT2D eigenvalue weighted by Crippen LogP contribution is -2.22. The van der Waals surface area contributed by atoms with Crippen molar-refractivity contribution in [2.75, 3.05) is 13.1 Å². The fourth-order valence-corrected chi connectivity index (χ4v) is 5.05. The lowest BCUT2D eigenvalue weighted by molar-refractivity contribution is 0.0696. The first-order valence-electron chi connectivity index (χ1n) is 10.5. The number of halogens is 1. The zero-order valence-corrected chi connectivity index (χ0v) is 19.7. The Balaban J connectivity index is 1.52. The normalized spacial score (nSPS) is 12.5. The number of aliphatic hydroxyl groups is 1. The molecule has 0 bridgehead atoms. The highest BCUT2D eigenvalue weighted by Crippen LogP contribution is 2.24. The third kappa shape index (κ3) is 6.42. The summed E-state index contributed by atoms with van der Waals surface area (Å²) < 4.78 is 25.8. The van der Waals surface area contributed by atoms with Crippen molar-refractivity contribution in [1.82, 2.24) is 5.32 Å². The molecule has 0 unspecified atom stereocenters. The second-order valence-electron chi connectivity index (χ2n) is 7.81. The van der Waals surface area contributed by atoms with Gasteiger partial charge >= 0.3 is 5.97 Å². The Bertz CT molecular complexity index is 1230. The van der Waals surface area contributed by atoms with Gasteiger partial charge in [-0.15, -0.1) is 0 Å². The number of aromatic carboxylic acids is 1. The summed E-state index contributed by atoms with van der Waals surface area (Å²) in [5.74, 6) is -1.09. The first-order valence-corrected chi connectivity index (χ1v) is 12.4. The van der Waals surface area contributed by atoms with Crippen LogP contribution in [0.2, 0.25) is 5.02 Å². The average molecular weight is 488 g/mol. The molecule has 3 N–H and O–H groups in total. The van der Waals surface area contributed by atoms with Crippen LogP contribution in [0.1, 0.15) is 39.6 Å². The number of carbonyl (C=O) groups is 1. The van der Waals surface area contributed by atoms with Gasteiger partial charge in [-0.25, -0.2) is 13.2 Å². The molecule has 0 aliphatic carbocycles. The molecular formula is C25H26ClNO5S. The maximum atomic E-state index is 12.9. The minimum absolute atomic E-state index is 0.0696. The minimum Gasteiger partial charge on any atom is -0.478 e. The lowest BCUT2D eigenvalue weighted by atomic mass is 10.1. The number of carboxylic acid groups (broad SMARTS) is 1. The molecule has 0 amide bonds. The quantitative estimate of drug-likeness (QED) is 0.365. The van der Waals surface area contributed by atoms with Crippen molar-refractivity contribution in [1.29, 1.82) is 0 Å². The third-order valence-electron chi connectivity index (χ3n) is 5.36. The number of rotatable bonds is 10. The summed E-state index contributed by atoms with van der Waals surface area (Å²) in [6.07, 6.45) is 0.943. The van der Waals surface area contributed by atoms with Crippen molar-refractivity contribution < 1.29 is 23.4 Å². The van der Waals surface area contributed by atoms with Crippen LogP contribution in [0.25, 0.3) is 0 Å². The van der Waals surface area contributed by atoms with Crippen LogP contribution < -0.4 is 5.32 Å². The third-order valence-corrected chi connectivity index (χ3v) is 7.36. The van der Waals surface area contributed by atoms with Gasteiger partial charge in [-0.3, -0.25) is 0 Å². The van der Waals surface area contributed by atoms with E-state index in [0.717, 1.165) is 24.0 Å². The molecule has 0 spiro atoms. The molecule has 0 aliphatic rings. The van der Waals surface area contributed by atoms with Gasteiger partial charge < -0.3 is 15.5 Å². The van der Waals surface area contributed by atoms with E-state index in [2.05, 4.69) is 5.32 Å². The molecular weight excluding hydrogens is 462 g/mol. The fraction of sp³-hybridized carbons (Fsp3) is 0.240. The number of benzene rings is 3. The molecule has 0 aromatic heterocycles. The van der Waals surface area contributed by atoms with Gasteiger partial charge in [0.15, 0.2) is 0 Å². The van der Waals surface area contributed by atoms with E-state index in [1.54, 1.807) is 49.4 Å². The van der Waals surface area contributed by atoms with Crippen molar-refractivity contribution in [2.24, 2.45) is 0 Å². The summed E-state index contributed by atoms with van der Waals surface area (Å²) in [6.45, 7) is 2.69. The zero-order chi connectivity index (χ0) is 24.0. The smallest absolute Gasteiger partial charge is 0.335 e. The first kappa shape index (κ1) is 24.9. The van der Waals surface area contributed by atoms with Crippen LogP contribution in [0.5, 0.6) is 0 Å². The van der Waals surface area contributed by atoms with Gasteiger partial charge in [-0.1, -0.05) is 35.9 Å². The van der Waals surface area contributed by atoms with Gasteiger partial charge in [0.2, 0.25) is 9.84 Å². The maximum Gasteiger partial charge on any atom is 0.335 e. The van der Waals surface area contributed by atoms with Gasteiger partial charge in [0.1, 0.15) is 0 Å². The predicted octanol–water partition coefficient (Wildman–Crippen LogP) is 4.44. The Kier molecular flexibility index (Phi) is 8.26. The summed E-state index contributed by atoms with van der Waals surface area (Å²) in [6, 6.07) is 17.9. The predicted molar refractivity (Wildman–Crippen MR) is 128 cm³/mol. The Morgan fingerprint density at radius 3 is 2.36 bits per heavy atom. The van der Waals surface area contributed by atoms with E-state index in [1.807, 2.05) is 6.07 Å². The Hall–Kier alpha value is -2.71.